The summed E-state index contributed by atoms with van der Waals surface area (Å²) in [5, 5.41) is 0. The van der Waals surface area contributed by atoms with Gasteiger partial charge in [0.25, 0.3) is 0 Å². The molecule has 0 spiro atoms. The van der Waals surface area contributed by atoms with Crippen LogP contribution < -0.4 is 5.73 Å². The van der Waals surface area contributed by atoms with Gasteiger partial charge in [0.05, 0.1) is 12.5 Å². The van der Waals surface area contributed by atoms with Crippen molar-refractivity contribution in [1.29, 1.82) is 0 Å². The summed E-state index contributed by atoms with van der Waals surface area (Å²) in [6.07, 6.45) is 3.60. The topological polar surface area (TPSA) is 52.3 Å². The van der Waals surface area contributed by atoms with Gasteiger partial charge in [-0.15, -0.1) is 12.4 Å². The summed E-state index contributed by atoms with van der Waals surface area (Å²) in [7, 11) is 1.45. The molecule has 0 bridgehead atoms. The number of carbonyl (C=O) groups is 1. The molecule has 0 unspecified atom stereocenters. The van der Waals surface area contributed by atoms with Crippen molar-refractivity contribution in [2.45, 2.75) is 38.6 Å². The Kier molecular flexibility index (Phi) is 4.71. The Balaban J connectivity index is 0.00000144. The van der Waals surface area contributed by atoms with Crippen LogP contribution in [0.2, 0.25) is 0 Å². The Morgan fingerprint density at radius 3 is 2.31 bits per heavy atom. The monoisotopic (exact) mass is 207 g/mol. The smallest absolute Gasteiger partial charge is 0.311 e. The molecule has 1 aliphatic carbocycles. The summed E-state index contributed by atoms with van der Waals surface area (Å²) >= 11 is 0. The van der Waals surface area contributed by atoms with E-state index in [9.17, 15) is 4.79 Å². The predicted octanol–water partition coefficient (Wildman–Crippen LogP) is 1.49. The number of esters is 1. The average molecular weight is 208 g/mol. The average Bonchev–Trinajstić information content (AvgIpc) is 2.09. The molecule has 1 rings (SSSR count). The van der Waals surface area contributed by atoms with E-state index in [1.807, 2.05) is 6.92 Å². The van der Waals surface area contributed by atoms with Crippen LogP contribution >= 0.6 is 12.4 Å². The fraction of sp³-hybridized carbons (Fsp3) is 0.889. The number of halogens is 1. The maximum absolute atomic E-state index is 11.3. The SMILES string of the molecule is COC(=O)[C@]1(C)CC[C@H](N)CC1.Cl. The van der Waals surface area contributed by atoms with Crippen molar-refractivity contribution in [2.75, 3.05) is 7.11 Å². The molecule has 3 nitrogen and oxygen atoms in total. The molecule has 1 saturated carbocycles. The van der Waals surface area contributed by atoms with E-state index in [0.717, 1.165) is 25.7 Å². The first-order valence-corrected chi connectivity index (χ1v) is 4.42. The first-order chi connectivity index (χ1) is 5.58. The fourth-order valence-electron chi connectivity index (χ4n) is 1.73. The van der Waals surface area contributed by atoms with Crippen LogP contribution in [0.1, 0.15) is 32.6 Å². The lowest BCUT2D eigenvalue weighted by molar-refractivity contribution is -0.153. The molecule has 1 fully saturated rings. The van der Waals surface area contributed by atoms with E-state index in [1.165, 1.54) is 7.11 Å². The quantitative estimate of drug-likeness (QED) is 0.663. The molecule has 0 amide bonds. The van der Waals surface area contributed by atoms with Crippen LogP contribution in [-0.2, 0) is 9.53 Å². The van der Waals surface area contributed by atoms with Crippen molar-refractivity contribution in [3.05, 3.63) is 0 Å². The van der Waals surface area contributed by atoms with E-state index in [2.05, 4.69) is 0 Å². The normalized spacial score (nSPS) is 33.3. The van der Waals surface area contributed by atoms with Crippen molar-refractivity contribution in [3.63, 3.8) is 0 Å². The van der Waals surface area contributed by atoms with E-state index in [4.69, 9.17) is 10.5 Å². The zero-order valence-corrected chi connectivity index (χ0v) is 9.02. The second-order valence-electron chi connectivity index (χ2n) is 3.89. The molecule has 4 heteroatoms. The highest BCUT2D eigenvalue weighted by Gasteiger charge is 2.37. The minimum absolute atomic E-state index is 0. The lowest BCUT2D eigenvalue weighted by Gasteiger charge is -2.33. The standard InChI is InChI=1S/C9H17NO2.ClH/c1-9(8(11)12-2)5-3-7(10)4-6-9;/h7H,3-6,10H2,1-2H3;1H/t7-,9+;. The van der Waals surface area contributed by atoms with Crippen LogP contribution in [0, 0.1) is 5.41 Å². The number of ether oxygens (including phenoxy) is 1. The summed E-state index contributed by atoms with van der Waals surface area (Å²) in [5.41, 5.74) is 5.47. The predicted molar refractivity (Wildman–Crippen MR) is 53.8 cm³/mol. The second kappa shape index (κ2) is 4.82. The third-order valence-corrected chi connectivity index (χ3v) is 2.81. The molecule has 0 aromatic carbocycles. The highest BCUT2D eigenvalue weighted by molar-refractivity contribution is 5.85. The third-order valence-electron chi connectivity index (χ3n) is 2.81. The Hall–Kier alpha value is -0.280. The molecule has 1 aliphatic rings. The zero-order chi connectivity index (χ0) is 9.19. The Morgan fingerprint density at radius 2 is 1.92 bits per heavy atom. The summed E-state index contributed by atoms with van der Waals surface area (Å²) in [6, 6.07) is 0.280. The van der Waals surface area contributed by atoms with Crippen LogP contribution in [0.3, 0.4) is 0 Å². The van der Waals surface area contributed by atoms with Crippen LogP contribution in [0.25, 0.3) is 0 Å². The van der Waals surface area contributed by atoms with Crippen LogP contribution in [0.4, 0.5) is 0 Å². The molecular weight excluding hydrogens is 190 g/mol. The fourth-order valence-corrected chi connectivity index (χ4v) is 1.73. The molecular formula is C9H18ClNO2. The number of rotatable bonds is 1. The van der Waals surface area contributed by atoms with E-state index in [0.29, 0.717) is 0 Å². The molecule has 0 aromatic heterocycles. The van der Waals surface area contributed by atoms with Gasteiger partial charge in [0.2, 0.25) is 0 Å². The van der Waals surface area contributed by atoms with Gasteiger partial charge < -0.3 is 10.5 Å². The van der Waals surface area contributed by atoms with E-state index in [-0.39, 0.29) is 29.8 Å². The van der Waals surface area contributed by atoms with Gasteiger partial charge in [-0.05, 0) is 32.6 Å². The van der Waals surface area contributed by atoms with Gasteiger partial charge in [0.1, 0.15) is 0 Å². The van der Waals surface area contributed by atoms with Crippen LogP contribution in [0.15, 0.2) is 0 Å². The molecule has 13 heavy (non-hydrogen) atoms. The van der Waals surface area contributed by atoms with Gasteiger partial charge in [-0.2, -0.15) is 0 Å². The lowest BCUT2D eigenvalue weighted by Crippen LogP contribution is -2.37. The van der Waals surface area contributed by atoms with Gasteiger partial charge in [-0.3, -0.25) is 4.79 Å². The van der Waals surface area contributed by atoms with Crippen molar-refractivity contribution in [3.8, 4) is 0 Å². The number of carbonyl (C=O) groups excluding carboxylic acids is 1. The van der Waals surface area contributed by atoms with Crippen molar-refractivity contribution < 1.29 is 9.53 Å². The Morgan fingerprint density at radius 1 is 1.46 bits per heavy atom. The van der Waals surface area contributed by atoms with Gasteiger partial charge in [-0.25, -0.2) is 0 Å². The van der Waals surface area contributed by atoms with E-state index < -0.39 is 0 Å². The lowest BCUT2D eigenvalue weighted by atomic mass is 9.74. The first-order valence-electron chi connectivity index (χ1n) is 4.42. The Bertz CT molecular complexity index is 176. The Labute approximate surface area is 85.4 Å². The summed E-state index contributed by atoms with van der Waals surface area (Å²) in [4.78, 5) is 11.3. The number of nitrogens with two attached hydrogens (primary N) is 1. The summed E-state index contributed by atoms with van der Waals surface area (Å²) < 4.78 is 4.75. The highest BCUT2D eigenvalue weighted by atomic mass is 35.5. The minimum atomic E-state index is -0.273. The molecule has 2 N–H and O–H groups in total. The summed E-state index contributed by atoms with van der Waals surface area (Å²) in [6.45, 7) is 1.96. The minimum Gasteiger partial charge on any atom is -0.469 e. The third kappa shape index (κ3) is 2.85. The molecule has 0 atom stereocenters. The molecule has 78 valence electrons. The molecule has 0 radical (unpaired) electrons. The maximum atomic E-state index is 11.3. The van der Waals surface area contributed by atoms with E-state index in [1.54, 1.807) is 0 Å². The van der Waals surface area contributed by atoms with Crippen LogP contribution in [0.5, 0.6) is 0 Å². The van der Waals surface area contributed by atoms with Gasteiger partial charge in [0, 0.05) is 6.04 Å². The summed E-state index contributed by atoms with van der Waals surface area (Å²) in [5.74, 6) is -0.0885. The van der Waals surface area contributed by atoms with E-state index >= 15 is 0 Å². The maximum Gasteiger partial charge on any atom is 0.311 e. The molecule has 0 saturated heterocycles. The largest absolute Gasteiger partial charge is 0.469 e. The van der Waals surface area contributed by atoms with Gasteiger partial charge in [-0.1, -0.05) is 0 Å². The zero-order valence-electron chi connectivity index (χ0n) is 8.21. The van der Waals surface area contributed by atoms with Crippen molar-refractivity contribution in [2.24, 2.45) is 11.1 Å². The first kappa shape index (κ1) is 12.7. The van der Waals surface area contributed by atoms with Gasteiger partial charge >= 0.3 is 5.97 Å². The molecule has 0 heterocycles. The number of hydrogen-bond donors (Lipinski definition) is 1. The van der Waals surface area contributed by atoms with Crippen molar-refractivity contribution >= 4 is 18.4 Å². The van der Waals surface area contributed by atoms with Crippen LogP contribution in [-0.4, -0.2) is 19.1 Å². The van der Waals surface area contributed by atoms with Gasteiger partial charge in [0.15, 0.2) is 0 Å². The second-order valence-corrected chi connectivity index (χ2v) is 3.89. The number of methoxy groups -OCH3 is 1. The van der Waals surface area contributed by atoms with Crippen molar-refractivity contribution in [1.82, 2.24) is 0 Å². The highest BCUT2D eigenvalue weighted by Crippen LogP contribution is 2.36. The molecule has 0 aliphatic heterocycles. The number of hydrogen-bond acceptors (Lipinski definition) is 3. The molecule has 0 aromatic rings.